The van der Waals surface area contributed by atoms with Gasteiger partial charge in [-0.3, -0.25) is 9.59 Å². The van der Waals surface area contributed by atoms with Crippen LogP contribution in [0.4, 0.5) is 5.69 Å². The number of benzene rings is 3. The van der Waals surface area contributed by atoms with Crippen molar-refractivity contribution in [3.8, 4) is 0 Å². The summed E-state index contributed by atoms with van der Waals surface area (Å²) in [4.78, 5) is 28.2. The van der Waals surface area contributed by atoms with E-state index in [2.05, 4.69) is 5.32 Å². The lowest BCUT2D eigenvalue weighted by molar-refractivity contribution is -0.123. The normalized spacial score (nSPS) is 26.5. The van der Waals surface area contributed by atoms with Crippen molar-refractivity contribution in [1.82, 2.24) is 5.32 Å². The number of amides is 2. The quantitative estimate of drug-likeness (QED) is 0.714. The number of hydrogen-bond acceptors (Lipinski definition) is 3. The fourth-order valence-corrected chi connectivity index (χ4v) is 4.57. The molecule has 4 heteroatoms. The Labute approximate surface area is 163 Å². The molecule has 1 N–H and O–H groups in total. The average Bonchev–Trinajstić information content (AvgIpc) is 3.27. The molecule has 2 fully saturated rings. The van der Waals surface area contributed by atoms with Gasteiger partial charge in [0.05, 0.1) is 17.5 Å². The summed E-state index contributed by atoms with van der Waals surface area (Å²) >= 11 is 0. The summed E-state index contributed by atoms with van der Waals surface area (Å²) in [6, 6.07) is 28.7. The Bertz CT molecular complexity index is 941. The maximum absolute atomic E-state index is 13.4. The van der Waals surface area contributed by atoms with E-state index in [1.807, 2.05) is 91.0 Å². The average molecular weight is 368 g/mol. The van der Waals surface area contributed by atoms with Gasteiger partial charge in [0.15, 0.2) is 0 Å². The minimum Gasteiger partial charge on any atom is -0.302 e. The van der Waals surface area contributed by atoms with Gasteiger partial charge in [-0.1, -0.05) is 78.9 Å². The number of rotatable bonds is 3. The molecule has 2 heterocycles. The largest absolute Gasteiger partial charge is 0.302 e. The van der Waals surface area contributed by atoms with Gasteiger partial charge in [0, 0.05) is 12.1 Å². The first-order valence-corrected chi connectivity index (χ1v) is 9.54. The Kier molecular flexibility index (Phi) is 4.06. The van der Waals surface area contributed by atoms with Crippen molar-refractivity contribution in [1.29, 1.82) is 0 Å². The Balaban J connectivity index is 1.61. The number of nitrogens with zero attached hydrogens (tertiary/aromatic N) is 1. The van der Waals surface area contributed by atoms with E-state index in [4.69, 9.17) is 0 Å². The number of imide groups is 1. The summed E-state index contributed by atoms with van der Waals surface area (Å²) in [5, 5.41) is 3.59. The Morgan fingerprint density at radius 1 is 0.571 bits per heavy atom. The van der Waals surface area contributed by atoms with Crippen LogP contribution in [0, 0.1) is 11.8 Å². The van der Waals surface area contributed by atoms with Crippen LogP contribution >= 0.6 is 0 Å². The summed E-state index contributed by atoms with van der Waals surface area (Å²) in [6.45, 7) is 0. The monoisotopic (exact) mass is 368 g/mol. The highest BCUT2D eigenvalue weighted by atomic mass is 16.2. The van der Waals surface area contributed by atoms with Gasteiger partial charge < -0.3 is 5.32 Å². The summed E-state index contributed by atoms with van der Waals surface area (Å²) in [7, 11) is 0. The molecule has 0 radical (unpaired) electrons. The van der Waals surface area contributed by atoms with Gasteiger partial charge in [0.1, 0.15) is 0 Å². The molecule has 0 aliphatic carbocycles. The minimum atomic E-state index is -0.416. The summed E-state index contributed by atoms with van der Waals surface area (Å²) in [5.41, 5.74) is 2.71. The standard InChI is InChI=1S/C24H20N2O2/c27-23-19-20(24(28)26(23)18-14-8-3-9-15-18)22(17-12-6-2-7-13-17)25-21(19)16-10-4-1-5-11-16/h1-15,19-22,25H/t19-,20+,21-,22-/m0/s1. The zero-order chi connectivity index (χ0) is 19.1. The van der Waals surface area contributed by atoms with Gasteiger partial charge >= 0.3 is 0 Å². The maximum Gasteiger partial charge on any atom is 0.239 e. The SMILES string of the molecule is O=C1[C@@H]2[C@H](C(=O)N1c1ccccc1)[C@H](c1ccccc1)N[C@H]2c1ccccc1. The molecule has 0 unspecified atom stereocenters. The van der Waals surface area contributed by atoms with E-state index in [-0.39, 0.29) is 23.9 Å². The van der Waals surface area contributed by atoms with Gasteiger partial charge in [-0.05, 0) is 23.3 Å². The van der Waals surface area contributed by atoms with Crippen LogP contribution in [0.25, 0.3) is 0 Å². The fourth-order valence-electron chi connectivity index (χ4n) is 4.57. The summed E-state index contributed by atoms with van der Waals surface area (Å²) < 4.78 is 0. The summed E-state index contributed by atoms with van der Waals surface area (Å²) in [5.74, 6) is -1.08. The van der Waals surface area contributed by atoms with Crippen LogP contribution in [0.2, 0.25) is 0 Å². The fraction of sp³-hybridized carbons (Fsp3) is 0.167. The van der Waals surface area contributed by atoms with Crippen LogP contribution in [0.15, 0.2) is 91.0 Å². The highest BCUT2D eigenvalue weighted by Gasteiger charge is 2.59. The molecule has 0 spiro atoms. The van der Waals surface area contributed by atoms with Crippen LogP contribution < -0.4 is 10.2 Å². The molecular weight excluding hydrogens is 348 g/mol. The van der Waals surface area contributed by atoms with Crippen molar-refractivity contribution < 1.29 is 9.59 Å². The number of nitrogens with one attached hydrogen (secondary N) is 1. The lowest BCUT2D eigenvalue weighted by Gasteiger charge is -2.23. The molecule has 28 heavy (non-hydrogen) atoms. The third-order valence-corrected chi connectivity index (χ3v) is 5.81. The van der Waals surface area contributed by atoms with E-state index in [0.717, 1.165) is 11.1 Å². The molecule has 4 nitrogen and oxygen atoms in total. The van der Waals surface area contributed by atoms with Crippen molar-refractivity contribution in [3.63, 3.8) is 0 Å². The molecule has 4 atom stereocenters. The van der Waals surface area contributed by atoms with Gasteiger partial charge in [0.2, 0.25) is 11.8 Å². The Hall–Kier alpha value is -3.24. The highest BCUT2D eigenvalue weighted by molar-refractivity contribution is 6.22. The Morgan fingerprint density at radius 3 is 1.39 bits per heavy atom. The predicted octanol–water partition coefficient (Wildman–Crippen LogP) is 3.88. The maximum atomic E-state index is 13.4. The van der Waals surface area contributed by atoms with E-state index in [1.165, 1.54) is 4.90 Å². The molecular formula is C24H20N2O2. The van der Waals surface area contributed by atoms with Gasteiger partial charge in [-0.25, -0.2) is 4.90 Å². The number of hydrogen-bond donors (Lipinski definition) is 1. The topological polar surface area (TPSA) is 49.4 Å². The van der Waals surface area contributed by atoms with E-state index in [0.29, 0.717) is 5.69 Å². The van der Waals surface area contributed by atoms with Crippen molar-refractivity contribution >= 4 is 17.5 Å². The van der Waals surface area contributed by atoms with Gasteiger partial charge in [0.25, 0.3) is 0 Å². The van der Waals surface area contributed by atoms with Crippen molar-refractivity contribution in [2.75, 3.05) is 4.90 Å². The molecule has 2 aliphatic heterocycles. The Morgan fingerprint density at radius 2 is 0.964 bits per heavy atom. The molecule has 5 rings (SSSR count). The van der Waals surface area contributed by atoms with E-state index in [1.54, 1.807) is 0 Å². The molecule has 2 saturated heterocycles. The molecule has 0 bridgehead atoms. The van der Waals surface area contributed by atoms with Crippen molar-refractivity contribution in [2.24, 2.45) is 11.8 Å². The van der Waals surface area contributed by atoms with Crippen LogP contribution in [0.1, 0.15) is 23.2 Å². The molecule has 3 aromatic carbocycles. The smallest absolute Gasteiger partial charge is 0.239 e. The van der Waals surface area contributed by atoms with E-state index < -0.39 is 11.8 Å². The highest BCUT2D eigenvalue weighted by Crippen LogP contribution is 2.50. The lowest BCUT2D eigenvalue weighted by Crippen LogP contribution is -2.36. The second kappa shape index (κ2) is 6.73. The predicted molar refractivity (Wildman–Crippen MR) is 107 cm³/mol. The van der Waals surface area contributed by atoms with Crippen LogP contribution in [0.5, 0.6) is 0 Å². The third kappa shape index (κ3) is 2.57. The number of para-hydroxylation sites is 1. The first-order valence-electron chi connectivity index (χ1n) is 9.54. The molecule has 138 valence electrons. The first-order chi connectivity index (χ1) is 13.8. The lowest BCUT2D eigenvalue weighted by atomic mass is 9.84. The van der Waals surface area contributed by atoms with Crippen LogP contribution in [-0.4, -0.2) is 11.8 Å². The molecule has 2 amide bonds. The number of anilines is 1. The third-order valence-electron chi connectivity index (χ3n) is 5.81. The zero-order valence-electron chi connectivity index (χ0n) is 15.2. The second-order valence-corrected chi connectivity index (χ2v) is 7.34. The summed E-state index contributed by atoms with van der Waals surface area (Å²) in [6.07, 6.45) is 0. The molecule has 0 saturated carbocycles. The van der Waals surface area contributed by atoms with Crippen LogP contribution in [0.3, 0.4) is 0 Å². The van der Waals surface area contributed by atoms with E-state index >= 15 is 0 Å². The molecule has 2 aliphatic rings. The zero-order valence-corrected chi connectivity index (χ0v) is 15.2. The van der Waals surface area contributed by atoms with Gasteiger partial charge in [-0.15, -0.1) is 0 Å². The number of carbonyl (C=O) groups excluding carboxylic acids is 2. The first kappa shape index (κ1) is 16.9. The van der Waals surface area contributed by atoms with Gasteiger partial charge in [-0.2, -0.15) is 0 Å². The second-order valence-electron chi connectivity index (χ2n) is 7.34. The minimum absolute atomic E-state index is 0.124. The van der Waals surface area contributed by atoms with Crippen molar-refractivity contribution in [3.05, 3.63) is 102 Å². The number of fused-ring (bicyclic) bond motifs is 1. The number of carbonyl (C=O) groups is 2. The molecule has 0 aromatic heterocycles. The van der Waals surface area contributed by atoms with E-state index in [9.17, 15) is 9.59 Å². The molecule has 3 aromatic rings. The van der Waals surface area contributed by atoms with Crippen LogP contribution in [-0.2, 0) is 9.59 Å². The van der Waals surface area contributed by atoms with Crippen molar-refractivity contribution in [2.45, 2.75) is 12.1 Å².